The average molecular weight is 993 g/mol. The standard InChI is InChI=1S/C46H62ClN5O13S2/c1-26-11-10-12-34(62-9)46(60)25-33(63-44(59)49-46)28(3)42-45(5,65-42)35(24-40(57)51(7)31-22-30(21-26)23-32(61-8)41(31)47)64-43(58)29(4)50(6)37(54)14-13-27(2)67-66-20-18-48-36(53)17-19-52-38(55)15-16-39(52)56/h10-12,15-16,22-23,27-29,33-35,42,60H,13-14,17-21,24-25H2,1-9H3,(H,48,53)(H,49,59)/b12-10+,26-11+/t27?,28-,29+,33+,34-,35+,42+,45+,46+/m1/s1. The van der Waals surface area contributed by atoms with Crippen molar-refractivity contribution in [1.82, 2.24) is 20.4 Å². The van der Waals surface area contributed by atoms with E-state index < -0.39 is 77.5 Å². The van der Waals surface area contributed by atoms with Crippen LogP contribution in [0.4, 0.5) is 10.5 Å². The first-order valence-corrected chi connectivity index (χ1v) is 24.8. The van der Waals surface area contributed by atoms with Gasteiger partial charge in [-0.15, -0.1) is 0 Å². The predicted molar refractivity (Wildman–Crippen MR) is 253 cm³/mol. The number of hydrogen-bond acceptors (Lipinski definition) is 15. The van der Waals surface area contributed by atoms with E-state index >= 15 is 0 Å². The van der Waals surface area contributed by atoms with Gasteiger partial charge in [0, 0.05) is 82.6 Å². The maximum absolute atomic E-state index is 14.3. The molecule has 9 atom stereocenters. The van der Waals surface area contributed by atoms with Crippen LogP contribution in [-0.4, -0.2) is 151 Å². The molecule has 6 amide bonds. The molecule has 18 nitrogen and oxygen atoms in total. The summed E-state index contributed by atoms with van der Waals surface area (Å²) < 4.78 is 29.4. The monoisotopic (exact) mass is 991 g/mol. The van der Waals surface area contributed by atoms with E-state index in [2.05, 4.69) is 10.6 Å². The Balaban J connectivity index is 1.25. The molecule has 0 saturated carbocycles. The minimum absolute atomic E-state index is 0.00762. The van der Waals surface area contributed by atoms with Gasteiger partial charge in [-0.1, -0.05) is 70.8 Å². The Morgan fingerprint density at radius 1 is 1.12 bits per heavy atom. The Labute approximate surface area is 404 Å². The van der Waals surface area contributed by atoms with Gasteiger partial charge in [-0.2, -0.15) is 0 Å². The Hall–Kier alpha value is -4.60. The number of fused-ring (bicyclic) bond motifs is 5. The zero-order chi connectivity index (χ0) is 49.4. The maximum atomic E-state index is 14.3. The van der Waals surface area contributed by atoms with Crippen LogP contribution in [0.25, 0.3) is 0 Å². The van der Waals surface area contributed by atoms with Crippen LogP contribution in [0.1, 0.15) is 72.3 Å². The van der Waals surface area contributed by atoms with Crippen LogP contribution in [0.3, 0.4) is 0 Å². The molecule has 2 saturated heterocycles. The van der Waals surface area contributed by atoms with Gasteiger partial charge in [0.2, 0.25) is 17.7 Å². The van der Waals surface area contributed by atoms with Gasteiger partial charge < -0.3 is 43.9 Å². The lowest BCUT2D eigenvalue weighted by Crippen LogP contribution is -2.63. The number of halogens is 1. The first kappa shape index (κ1) is 53.4. The molecule has 21 heteroatoms. The molecule has 1 aromatic rings. The van der Waals surface area contributed by atoms with Gasteiger partial charge in [0.15, 0.2) is 5.72 Å². The fraction of sp³-hybridized carbons (Fsp3) is 0.587. The Morgan fingerprint density at radius 3 is 2.49 bits per heavy atom. The number of rotatable bonds is 16. The number of ether oxygens (including phenoxy) is 5. The number of allylic oxidation sites excluding steroid dienone is 3. The second-order valence-electron chi connectivity index (χ2n) is 17.4. The molecule has 368 valence electrons. The summed E-state index contributed by atoms with van der Waals surface area (Å²) in [4.78, 5) is 94.0. The van der Waals surface area contributed by atoms with Crippen LogP contribution in [0.2, 0.25) is 5.02 Å². The van der Waals surface area contributed by atoms with Crippen molar-refractivity contribution in [3.05, 3.63) is 58.7 Å². The minimum atomic E-state index is -1.86. The molecule has 4 aliphatic heterocycles. The van der Waals surface area contributed by atoms with Gasteiger partial charge in [0.25, 0.3) is 11.8 Å². The van der Waals surface area contributed by atoms with Crippen LogP contribution in [-0.2, 0) is 54.1 Å². The number of benzene rings is 1. The molecule has 1 unspecified atom stereocenters. The third-order valence-corrected chi connectivity index (χ3v) is 15.8. The summed E-state index contributed by atoms with van der Waals surface area (Å²) in [5.74, 6) is -2.30. The summed E-state index contributed by atoms with van der Waals surface area (Å²) >= 11 is 6.80. The van der Waals surface area contributed by atoms with E-state index in [0.29, 0.717) is 36.6 Å². The van der Waals surface area contributed by atoms with Crippen LogP contribution >= 0.6 is 33.2 Å². The van der Waals surface area contributed by atoms with Crippen LogP contribution in [0, 0.1) is 5.92 Å². The first-order chi connectivity index (χ1) is 31.6. The molecule has 5 rings (SSSR count). The van der Waals surface area contributed by atoms with Crippen molar-refractivity contribution in [1.29, 1.82) is 0 Å². The molecule has 0 aromatic heterocycles. The molecule has 4 heterocycles. The number of carbonyl (C=O) groups excluding carboxylic acids is 7. The van der Waals surface area contributed by atoms with E-state index in [1.165, 1.54) is 60.9 Å². The highest BCUT2D eigenvalue weighted by Crippen LogP contribution is 2.49. The highest BCUT2D eigenvalue weighted by Gasteiger charge is 2.64. The summed E-state index contributed by atoms with van der Waals surface area (Å²) in [5.41, 5.74) is -1.07. The average Bonchev–Trinajstić information content (AvgIpc) is 3.88. The van der Waals surface area contributed by atoms with Crippen molar-refractivity contribution in [2.75, 3.05) is 52.1 Å². The van der Waals surface area contributed by atoms with Gasteiger partial charge in [-0.05, 0) is 51.3 Å². The molecule has 0 radical (unpaired) electrons. The number of hydrogen-bond donors (Lipinski definition) is 3. The van der Waals surface area contributed by atoms with Gasteiger partial charge in [-0.3, -0.25) is 34.2 Å². The summed E-state index contributed by atoms with van der Waals surface area (Å²) in [7, 11) is 9.05. The van der Waals surface area contributed by atoms with E-state index in [1.54, 1.807) is 56.0 Å². The number of alkyl carbamates (subject to hydrolysis) is 1. The van der Waals surface area contributed by atoms with Crippen molar-refractivity contribution in [2.24, 2.45) is 5.92 Å². The number of methoxy groups -OCH3 is 2. The summed E-state index contributed by atoms with van der Waals surface area (Å²) in [6, 6.07) is 2.50. The number of epoxide rings is 1. The number of nitrogens with zero attached hydrogens (tertiary/aromatic N) is 3. The predicted octanol–water partition coefficient (Wildman–Crippen LogP) is 4.50. The van der Waals surface area contributed by atoms with Gasteiger partial charge in [0.05, 0.1) is 25.3 Å². The summed E-state index contributed by atoms with van der Waals surface area (Å²) in [6.07, 6.45) is 3.60. The molecule has 0 spiro atoms. The minimum Gasteiger partial charge on any atom is -0.495 e. The Morgan fingerprint density at radius 2 is 1.82 bits per heavy atom. The van der Waals surface area contributed by atoms with Crippen LogP contribution in [0.15, 0.2) is 48.1 Å². The summed E-state index contributed by atoms with van der Waals surface area (Å²) in [6.45, 7) is 9.30. The highest BCUT2D eigenvalue weighted by atomic mass is 35.5. The van der Waals surface area contributed by atoms with Crippen molar-refractivity contribution in [3.8, 4) is 5.75 Å². The largest absolute Gasteiger partial charge is 0.495 e. The van der Waals surface area contributed by atoms with Crippen LogP contribution in [0.5, 0.6) is 5.75 Å². The van der Waals surface area contributed by atoms with E-state index in [9.17, 15) is 38.7 Å². The zero-order valence-corrected chi connectivity index (χ0v) is 41.7. The molecule has 2 fully saturated rings. The molecule has 4 aliphatic rings. The number of aliphatic hydroxyl groups is 1. The molecular formula is C46H62ClN5O13S2. The summed E-state index contributed by atoms with van der Waals surface area (Å²) in [5, 5.41) is 17.4. The van der Waals surface area contributed by atoms with E-state index in [0.717, 1.165) is 16.0 Å². The maximum Gasteiger partial charge on any atom is 0.409 e. The number of imide groups is 1. The van der Waals surface area contributed by atoms with Gasteiger partial charge in [0.1, 0.15) is 40.7 Å². The number of esters is 1. The molecule has 0 aliphatic carbocycles. The molecule has 3 N–H and O–H groups in total. The zero-order valence-electron chi connectivity index (χ0n) is 39.3. The third kappa shape index (κ3) is 13.3. The van der Waals surface area contributed by atoms with Crippen molar-refractivity contribution in [3.63, 3.8) is 0 Å². The fourth-order valence-corrected chi connectivity index (χ4v) is 10.7. The lowest BCUT2D eigenvalue weighted by Gasteiger charge is -2.42. The molecule has 4 bridgehead atoms. The smallest absolute Gasteiger partial charge is 0.409 e. The SMILES string of the molecule is COc1cc2cc(c1Cl)N(C)C(=O)C[C@H](OC(=O)[C@H](C)N(C)C(=O)CCC(C)SSCCNC(=O)CCN1C(=O)C=CC1=O)[C@]1(C)O[C@H]1[C@H](C)[C@@H]1C[C@@](O)(NC(=O)O1)[C@H](OC)/C=C/C=C(\C)C2. The normalized spacial score (nSPS) is 28.6. The topological polar surface area (TPSA) is 223 Å². The van der Waals surface area contributed by atoms with Crippen molar-refractivity contribution in [2.45, 2.75) is 120 Å². The number of nitrogens with one attached hydrogen (secondary N) is 2. The van der Waals surface area contributed by atoms with E-state index in [-0.39, 0.29) is 54.3 Å². The third-order valence-electron chi connectivity index (χ3n) is 12.5. The highest BCUT2D eigenvalue weighted by molar-refractivity contribution is 8.76. The quantitative estimate of drug-likeness (QED) is 0.0683. The second kappa shape index (κ2) is 23.1. The molecule has 67 heavy (non-hydrogen) atoms. The first-order valence-electron chi connectivity index (χ1n) is 22.1. The lowest BCUT2D eigenvalue weighted by atomic mass is 9.83. The number of likely N-dealkylation sites (N-methyl/N-ethyl adjacent to an activating group) is 1. The Kier molecular flexibility index (Phi) is 18.4. The van der Waals surface area contributed by atoms with Crippen LogP contribution < -0.4 is 20.3 Å². The lowest BCUT2D eigenvalue weighted by molar-refractivity contribution is -0.162. The molecular weight excluding hydrogens is 930 g/mol. The van der Waals surface area contributed by atoms with Crippen molar-refractivity contribution < 1.29 is 62.4 Å². The van der Waals surface area contributed by atoms with E-state index in [1.807, 2.05) is 19.9 Å². The number of amides is 6. The number of anilines is 1. The molecule has 1 aromatic carbocycles. The van der Waals surface area contributed by atoms with Gasteiger partial charge in [-0.25, -0.2) is 9.59 Å². The fourth-order valence-electron chi connectivity index (χ4n) is 8.12. The number of carbonyl (C=O) groups is 7. The van der Waals surface area contributed by atoms with Gasteiger partial charge >= 0.3 is 12.1 Å². The van der Waals surface area contributed by atoms with E-state index in [4.69, 9.17) is 35.3 Å². The second-order valence-corrected chi connectivity index (χ2v) is 20.7. The Bertz CT molecular complexity index is 2140. The van der Waals surface area contributed by atoms with Crippen molar-refractivity contribution >= 4 is 80.5 Å².